The molecular formula is C14H8ClF3N2S. The van der Waals surface area contributed by atoms with Gasteiger partial charge in [-0.1, -0.05) is 11.6 Å². The van der Waals surface area contributed by atoms with Crippen molar-refractivity contribution in [1.29, 1.82) is 0 Å². The number of imidazole rings is 1. The van der Waals surface area contributed by atoms with Gasteiger partial charge in [-0.3, -0.25) is 4.57 Å². The van der Waals surface area contributed by atoms with Crippen LogP contribution in [-0.4, -0.2) is 9.55 Å². The number of aromatic amines is 1. The standard InChI is InChI=1S/C14H8ClF3N2S/c15-9-3-6-12-11(7-9)19-13(21)20(12)10-4-1-8(2-5-10)14(16,17)18/h1-7H,(H,19,21). The van der Waals surface area contributed by atoms with Gasteiger partial charge in [-0.2, -0.15) is 13.2 Å². The second-order valence-corrected chi connectivity index (χ2v) is 5.29. The SMILES string of the molecule is FC(F)(F)c1ccc(-n2c(=S)[nH]c3cc(Cl)ccc32)cc1. The number of nitrogens with zero attached hydrogens (tertiary/aromatic N) is 1. The minimum Gasteiger partial charge on any atom is -0.330 e. The first kappa shape index (κ1) is 14.2. The number of nitrogens with one attached hydrogen (secondary N) is 1. The van der Waals surface area contributed by atoms with Crippen molar-refractivity contribution in [3.63, 3.8) is 0 Å². The Morgan fingerprint density at radius 2 is 1.71 bits per heavy atom. The van der Waals surface area contributed by atoms with Crippen LogP contribution >= 0.6 is 23.8 Å². The Labute approximate surface area is 127 Å². The molecule has 1 heterocycles. The van der Waals surface area contributed by atoms with Gasteiger partial charge in [0.2, 0.25) is 0 Å². The molecule has 2 nitrogen and oxygen atoms in total. The van der Waals surface area contributed by atoms with Crippen molar-refractivity contribution >= 4 is 34.9 Å². The van der Waals surface area contributed by atoms with Gasteiger partial charge in [0.25, 0.3) is 0 Å². The van der Waals surface area contributed by atoms with Crippen LogP contribution in [0.15, 0.2) is 42.5 Å². The molecule has 1 N–H and O–H groups in total. The maximum Gasteiger partial charge on any atom is 0.416 e. The summed E-state index contributed by atoms with van der Waals surface area (Å²) in [4.78, 5) is 2.98. The van der Waals surface area contributed by atoms with E-state index in [0.29, 0.717) is 15.5 Å². The Hall–Kier alpha value is -1.79. The third kappa shape index (κ3) is 2.56. The summed E-state index contributed by atoms with van der Waals surface area (Å²) in [5, 5.41) is 0.554. The molecule has 0 saturated heterocycles. The van der Waals surface area contributed by atoms with Crippen molar-refractivity contribution in [2.24, 2.45) is 0 Å². The summed E-state index contributed by atoms with van der Waals surface area (Å²) in [6.07, 6.45) is -4.35. The summed E-state index contributed by atoms with van der Waals surface area (Å²) in [5.41, 5.74) is 1.35. The Balaban J connectivity index is 2.17. The third-order valence-electron chi connectivity index (χ3n) is 3.10. The normalized spacial score (nSPS) is 12.0. The highest BCUT2D eigenvalue weighted by molar-refractivity contribution is 7.71. The van der Waals surface area contributed by atoms with E-state index < -0.39 is 11.7 Å². The Kier molecular flexibility index (Phi) is 3.30. The van der Waals surface area contributed by atoms with Crippen LogP contribution in [0.2, 0.25) is 5.02 Å². The van der Waals surface area contributed by atoms with Gasteiger partial charge in [0, 0.05) is 10.7 Å². The van der Waals surface area contributed by atoms with Crippen LogP contribution in [0, 0.1) is 4.77 Å². The van der Waals surface area contributed by atoms with Crippen LogP contribution in [0.3, 0.4) is 0 Å². The molecule has 1 aromatic heterocycles. The molecule has 0 unspecified atom stereocenters. The van der Waals surface area contributed by atoms with E-state index in [9.17, 15) is 13.2 Å². The van der Waals surface area contributed by atoms with Crippen LogP contribution in [0.25, 0.3) is 16.7 Å². The smallest absolute Gasteiger partial charge is 0.330 e. The van der Waals surface area contributed by atoms with Gasteiger partial charge in [0.15, 0.2) is 4.77 Å². The lowest BCUT2D eigenvalue weighted by atomic mass is 10.2. The number of hydrogen-bond donors (Lipinski definition) is 1. The van der Waals surface area contributed by atoms with Crippen molar-refractivity contribution in [1.82, 2.24) is 9.55 Å². The van der Waals surface area contributed by atoms with Crippen molar-refractivity contribution < 1.29 is 13.2 Å². The molecule has 0 aliphatic carbocycles. The number of alkyl halides is 3. The van der Waals surface area contributed by atoms with Crippen molar-refractivity contribution in [2.45, 2.75) is 6.18 Å². The van der Waals surface area contributed by atoms with Crippen LogP contribution in [0.4, 0.5) is 13.2 Å². The monoisotopic (exact) mass is 328 g/mol. The van der Waals surface area contributed by atoms with Gasteiger partial charge < -0.3 is 4.98 Å². The van der Waals surface area contributed by atoms with Crippen molar-refractivity contribution in [3.05, 3.63) is 57.8 Å². The van der Waals surface area contributed by atoms with E-state index in [2.05, 4.69) is 4.98 Å². The molecule has 0 amide bonds. The zero-order valence-electron chi connectivity index (χ0n) is 10.4. The first-order chi connectivity index (χ1) is 9.86. The van der Waals surface area contributed by atoms with Crippen molar-refractivity contribution in [3.8, 4) is 5.69 Å². The second-order valence-electron chi connectivity index (χ2n) is 4.47. The summed E-state index contributed by atoms with van der Waals surface area (Å²) < 4.78 is 39.8. The van der Waals surface area contributed by atoms with Crippen LogP contribution in [-0.2, 0) is 6.18 Å². The number of H-pyrrole nitrogens is 1. The molecule has 0 fully saturated rings. The molecule has 0 saturated carbocycles. The predicted molar refractivity (Wildman–Crippen MR) is 78.5 cm³/mol. The number of aromatic nitrogens is 2. The molecule has 0 radical (unpaired) electrons. The predicted octanol–water partition coefficient (Wildman–Crippen LogP) is 5.36. The van der Waals surface area contributed by atoms with E-state index >= 15 is 0 Å². The molecule has 0 bridgehead atoms. The van der Waals surface area contributed by atoms with Gasteiger partial charge in [0.1, 0.15) is 0 Å². The minimum atomic E-state index is -4.35. The molecule has 2 aromatic carbocycles. The lowest BCUT2D eigenvalue weighted by molar-refractivity contribution is -0.137. The Morgan fingerprint density at radius 1 is 1.05 bits per heavy atom. The maximum absolute atomic E-state index is 12.6. The molecule has 0 aliphatic rings. The van der Waals surface area contributed by atoms with Crippen LogP contribution in [0.5, 0.6) is 0 Å². The highest BCUT2D eigenvalue weighted by Gasteiger charge is 2.30. The highest BCUT2D eigenvalue weighted by atomic mass is 35.5. The minimum absolute atomic E-state index is 0.395. The second kappa shape index (κ2) is 4.89. The average Bonchev–Trinajstić information content (AvgIpc) is 2.73. The largest absolute Gasteiger partial charge is 0.416 e. The fraction of sp³-hybridized carbons (Fsp3) is 0.0714. The first-order valence-corrected chi connectivity index (χ1v) is 6.73. The summed E-state index contributed by atoms with van der Waals surface area (Å²) in [7, 11) is 0. The number of halogens is 4. The molecule has 0 spiro atoms. The number of fused-ring (bicyclic) bond motifs is 1. The average molecular weight is 329 g/mol. The summed E-state index contributed by atoms with van der Waals surface area (Å²) in [6, 6.07) is 10.0. The van der Waals surface area contributed by atoms with E-state index in [1.165, 1.54) is 12.1 Å². The molecular weight excluding hydrogens is 321 g/mol. The molecule has 3 rings (SSSR count). The lowest BCUT2D eigenvalue weighted by Crippen LogP contribution is -2.05. The molecule has 108 valence electrons. The Morgan fingerprint density at radius 3 is 2.33 bits per heavy atom. The summed E-state index contributed by atoms with van der Waals surface area (Å²) in [6.45, 7) is 0. The quantitative estimate of drug-likeness (QED) is 0.596. The molecule has 21 heavy (non-hydrogen) atoms. The van der Waals surface area contributed by atoms with Gasteiger partial charge >= 0.3 is 6.18 Å². The molecule has 0 aliphatic heterocycles. The fourth-order valence-corrected chi connectivity index (χ4v) is 2.63. The fourth-order valence-electron chi connectivity index (χ4n) is 2.14. The van der Waals surface area contributed by atoms with Crippen LogP contribution in [0.1, 0.15) is 5.56 Å². The first-order valence-electron chi connectivity index (χ1n) is 5.94. The number of hydrogen-bond acceptors (Lipinski definition) is 1. The number of benzene rings is 2. The van der Waals surface area contributed by atoms with Gasteiger partial charge in [-0.15, -0.1) is 0 Å². The zero-order valence-corrected chi connectivity index (χ0v) is 12.0. The maximum atomic E-state index is 12.6. The van der Waals surface area contributed by atoms with E-state index in [-0.39, 0.29) is 0 Å². The van der Waals surface area contributed by atoms with E-state index in [4.69, 9.17) is 23.8 Å². The molecule has 0 atom stereocenters. The summed E-state index contributed by atoms with van der Waals surface area (Å²) >= 11 is 11.1. The topological polar surface area (TPSA) is 20.7 Å². The van der Waals surface area contributed by atoms with Gasteiger partial charge in [-0.05, 0) is 54.7 Å². The van der Waals surface area contributed by atoms with Crippen molar-refractivity contribution in [2.75, 3.05) is 0 Å². The lowest BCUT2D eigenvalue weighted by Gasteiger charge is -2.09. The summed E-state index contributed by atoms with van der Waals surface area (Å²) in [5.74, 6) is 0. The third-order valence-corrected chi connectivity index (χ3v) is 3.62. The van der Waals surface area contributed by atoms with Gasteiger partial charge in [0.05, 0.1) is 16.6 Å². The zero-order chi connectivity index (χ0) is 15.2. The number of rotatable bonds is 1. The van der Waals surface area contributed by atoms with Crippen LogP contribution < -0.4 is 0 Å². The van der Waals surface area contributed by atoms with E-state index in [1.807, 2.05) is 0 Å². The Bertz CT molecular complexity index is 863. The molecule has 3 aromatic rings. The van der Waals surface area contributed by atoms with E-state index in [1.54, 1.807) is 22.8 Å². The van der Waals surface area contributed by atoms with Gasteiger partial charge in [-0.25, -0.2) is 0 Å². The molecule has 7 heteroatoms. The highest BCUT2D eigenvalue weighted by Crippen LogP contribution is 2.30. The van der Waals surface area contributed by atoms with E-state index in [0.717, 1.165) is 23.2 Å².